The van der Waals surface area contributed by atoms with Crippen molar-refractivity contribution in [2.75, 3.05) is 11.4 Å². The molecule has 2 amide bonds. The molecule has 0 heterocycles. The molecule has 0 atom stereocenters. The van der Waals surface area contributed by atoms with E-state index in [9.17, 15) is 9.59 Å². The van der Waals surface area contributed by atoms with E-state index in [4.69, 9.17) is 0 Å². The van der Waals surface area contributed by atoms with Crippen molar-refractivity contribution in [1.82, 2.24) is 5.32 Å². The van der Waals surface area contributed by atoms with Crippen LogP contribution in [-0.2, 0) is 22.6 Å². The van der Waals surface area contributed by atoms with Crippen molar-refractivity contribution in [3.63, 3.8) is 0 Å². The van der Waals surface area contributed by atoms with Crippen LogP contribution in [-0.4, -0.2) is 18.4 Å². The van der Waals surface area contributed by atoms with Crippen LogP contribution in [0, 0.1) is 12.8 Å². The number of hydrogen-bond acceptors (Lipinski definition) is 2. The minimum Gasteiger partial charge on any atom is -0.356 e. The SMILES string of the molecule is CCC(=O)N(Cc1ccc(C)cc1)c1ccc(CC(=O)NCC(C)C)cc1. The molecule has 0 aliphatic carbocycles. The van der Waals surface area contributed by atoms with E-state index in [-0.39, 0.29) is 11.8 Å². The highest BCUT2D eigenvalue weighted by atomic mass is 16.2. The summed E-state index contributed by atoms with van der Waals surface area (Å²) >= 11 is 0. The molecule has 0 radical (unpaired) electrons. The van der Waals surface area contributed by atoms with E-state index >= 15 is 0 Å². The molecule has 2 aromatic carbocycles. The summed E-state index contributed by atoms with van der Waals surface area (Å²) in [6.45, 7) is 9.30. The number of anilines is 1. The predicted molar refractivity (Wildman–Crippen MR) is 111 cm³/mol. The second-order valence-corrected chi connectivity index (χ2v) is 7.36. The van der Waals surface area contributed by atoms with E-state index in [1.807, 2.05) is 31.2 Å². The molecule has 4 nitrogen and oxygen atoms in total. The first kappa shape index (κ1) is 20.7. The van der Waals surface area contributed by atoms with Crippen LogP contribution in [0.15, 0.2) is 48.5 Å². The molecule has 1 N–H and O–H groups in total. The lowest BCUT2D eigenvalue weighted by molar-refractivity contribution is -0.120. The summed E-state index contributed by atoms with van der Waals surface area (Å²) in [4.78, 5) is 26.2. The molecule has 2 aromatic rings. The summed E-state index contributed by atoms with van der Waals surface area (Å²) in [5, 5.41) is 2.93. The highest BCUT2D eigenvalue weighted by Gasteiger charge is 2.15. The first-order chi connectivity index (χ1) is 12.9. The summed E-state index contributed by atoms with van der Waals surface area (Å²) in [6.07, 6.45) is 0.803. The van der Waals surface area contributed by atoms with Gasteiger partial charge >= 0.3 is 0 Å². The second kappa shape index (κ2) is 9.91. The van der Waals surface area contributed by atoms with Gasteiger partial charge < -0.3 is 10.2 Å². The van der Waals surface area contributed by atoms with Crippen LogP contribution >= 0.6 is 0 Å². The van der Waals surface area contributed by atoms with E-state index < -0.39 is 0 Å². The molecule has 0 fully saturated rings. The van der Waals surface area contributed by atoms with Crippen molar-refractivity contribution < 1.29 is 9.59 Å². The van der Waals surface area contributed by atoms with Gasteiger partial charge in [-0.15, -0.1) is 0 Å². The van der Waals surface area contributed by atoms with E-state index in [0.29, 0.717) is 31.8 Å². The zero-order valence-corrected chi connectivity index (χ0v) is 16.8. The quantitative estimate of drug-likeness (QED) is 0.759. The fourth-order valence-electron chi connectivity index (χ4n) is 2.75. The number of nitrogens with zero attached hydrogens (tertiary/aromatic N) is 1. The molecular formula is C23H30N2O2. The maximum Gasteiger partial charge on any atom is 0.227 e. The fraction of sp³-hybridized carbons (Fsp3) is 0.391. The molecule has 0 unspecified atom stereocenters. The Morgan fingerprint density at radius 1 is 0.963 bits per heavy atom. The standard InChI is InChI=1S/C23H30N2O2/c1-5-23(27)25(16-20-8-6-18(4)7-9-20)21-12-10-19(11-13-21)14-22(26)24-15-17(2)3/h6-13,17H,5,14-16H2,1-4H3,(H,24,26). The molecule has 27 heavy (non-hydrogen) atoms. The van der Waals surface area contributed by atoms with E-state index in [1.54, 1.807) is 4.90 Å². The molecule has 144 valence electrons. The Morgan fingerprint density at radius 2 is 1.56 bits per heavy atom. The Balaban J connectivity index is 2.08. The van der Waals surface area contributed by atoms with Crippen molar-refractivity contribution in [2.45, 2.75) is 47.1 Å². The molecule has 0 saturated heterocycles. The molecule has 0 aliphatic rings. The van der Waals surface area contributed by atoms with Crippen molar-refractivity contribution in [2.24, 2.45) is 5.92 Å². The highest BCUT2D eigenvalue weighted by molar-refractivity contribution is 5.93. The smallest absolute Gasteiger partial charge is 0.227 e. The van der Waals surface area contributed by atoms with Crippen LogP contribution in [0.4, 0.5) is 5.69 Å². The Hall–Kier alpha value is -2.62. The van der Waals surface area contributed by atoms with Gasteiger partial charge in [-0.1, -0.05) is 62.7 Å². The topological polar surface area (TPSA) is 49.4 Å². The molecule has 0 bridgehead atoms. The zero-order valence-electron chi connectivity index (χ0n) is 16.8. The Morgan fingerprint density at radius 3 is 2.11 bits per heavy atom. The Kier molecular flexibility index (Phi) is 7.59. The van der Waals surface area contributed by atoms with Gasteiger partial charge in [0.2, 0.25) is 11.8 Å². The number of amides is 2. The summed E-state index contributed by atoms with van der Waals surface area (Å²) in [5.74, 6) is 0.544. The molecule has 4 heteroatoms. The molecule has 0 aromatic heterocycles. The average Bonchev–Trinajstić information content (AvgIpc) is 2.66. The zero-order chi connectivity index (χ0) is 19.8. The number of nitrogens with one attached hydrogen (secondary N) is 1. The maximum atomic E-state index is 12.5. The van der Waals surface area contributed by atoms with E-state index in [2.05, 4.69) is 50.4 Å². The highest BCUT2D eigenvalue weighted by Crippen LogP contribution is 2.20. The summed E-state index contributed by atoms with van der Waals surface area (Å²) in [5.41, 5.74) is 4.10. The monoisotopic (exact) mass is 366 g/mol. The third kappa shape index (κ3) is 6.55. The number of carbonyl (C=O) groups is 2. The fourth-order valence-corrected chi connectivity index (χ4v) is 2.75. The minimum atomic E-state index is 0.0256. The van der Waals surface area contributed by atoms with Crippen LogP contribution in [0.2, 0.25) is 0 Å². The van der Waals surface area contributed by atoms with Gasteiger partial charge in [0.05, 0.1) is 13.0 Å². The molecule has 0 saturated carbocycles. The number of carbonyl (C=O) groups excluding carboxylic acids is 2. The number of hydrogen-bond donors (Lipinski definition) is 1. The van der Waals surface area contributed by atoms with Gasteiger partial charge in [-0.3, -0.25) is 9.59 Å². The van der Waals surface area contributed by atoms with Crippen LogP contribution in [0.3, 0.4) is 0 Å². The normalized spacial score (nSPS) is 10.7. The third-order valence-corrected chi connectivity index (χ3v) is 4.38. The molecule has 0 spiro atoms. The Labute approximate surface area is 162 Å². The van der Waals surface area contributed by atoms with Gasteiger partial charge in [0, 0.05) is 18.7 Å². The average molecular weight is 367 g/mol. The number of benzene rings is 2. The summed E-state index contributed by atoms with van der Waals surface area (Å²) in [6, 6.07) is 15.9. The van der Waals surface area contributed by atoms with Crippen LogP contribution in [0.1, 0.15) is 43.9 Å². The first-order valence-corrected chi connectivity index (χ1v) is 9.60. The van der Waals surface area contributed by atoms with Crippen molar-refractivity contribution in [3.8, 4) is 0 Å². The molecule has 0 aliphatic heterocycles. The van der Waals surface area contributed by atoms with Gasteiger partial charge in [-0.05, 0) is 36.1 Å². The maximum absolute atomic E-state index is 12.5. The number of rotatable bonds is 8. The van der Waals surface area contributed by atoms with Gasteiger partial charge in [0.1, 0.15) is 0 Å². The largest absolute Gasteiger partial charge is 0.356 e. The van der Waals surface area contributed by atoms with Crippen LogP contribution < -0.4 is 10.2 Å². The van der Waals surface area contributed by atoms with Crippen LogP contribution in [0.25, 0.3) is 0 Å². The number of aryl methyl sites for hydroxylation is 1. The van der Waals surface area contributed by atoms with Gasteiger partial charge in [0.15, 0.2) is 0 Å². The van der Waals surface area contributed by atoms with Crippen molar-refractivity contribution >= 4 is 17.5 Å². The van der Waals surface area contributed by atoms with Gasteiger partial charge in [-0.25, -0.2) is 0 Å². The molecular weight excluding hydrogens is 336 g/mol. The van der Waals surface area contributed by atoms with Gasteiger partial charge in [-0.2, -0.15) is 0 Å². The van der Waals surface area contributed by atoms with Crippen molar-refractivity contribution in [1.29, 1.82) is 0 Å². The van der Waals surface area contributed by atoms with E-state index in [0.717, 1.165) is 16.8 Å². The second-order valence-electron chi connectivity index (χ2n) is 7.36. The lowest BCUT2D eigenvalue weighted by atomic mass is 10.1. The Bertz CT molecular complexity index is 749. The van der Waals surface area contributed by atoms with Crippen LogP contribution in [0.5, 0.6) is 0 Å². The van der Waals surface area contributed by atoms with Crippen molar-refractivity contribution in [3.05, 3.63) is 65.2 Å². The lowest BCUT2D eigenvalue weighted by Crippen LogP contribution is -2.30. The third-order valence-electron chi connectivity index (χ3n) is 4.38. The summed E-state index contributed by atoms with van der Waals surface area (Å²) in [7, 11) is 0. The van der Waals surface area contributed by atoms with Gasteiger partial charge in [0.25, 0.3) is 0 Å². The first-order valence-electron chi connectivity index (χ1n) is 9.60. The van der Waals surface area contributed by atoms with E-state index in [1.165, 1.54) is 5.56 Å². The summed E-state index contributed by atoms with van der Waals surface area (Å²) < 4.78 is 0. The predicted octanol–water partition coefficient (Wildman–Crippen LogP) is 4.25. The molecule has 2 rings (SSSR count). The lowest BCUT2D eigenvalue weighted by Gasteiger charge is -2.23. The minimum absolute atomic E-state index is 0.0256.